The van der Waals surface area contributed by atoms with Crippen LogP contribution in [0.1, 0.15) is 30.0 Å². The van der Waals surface area contributed by atoms with E-state index in [1.54, 1.807) is 24.3 Å². The minimum absolute atomic E-state index is 0.138. The van der Waals surface area contributed by atoms with Crippen molar-refractivity contribution in [2.75, 3.05) is 16.8 Å². The summed E-state index contributed by atoms with van der Waals surface area (Å²) in [5.41, 5.74) is 2.39. The number of hydrogen-bond donors (Lipinski definition) is 2. The standard InChI is InChI=1S/C25H25N3O5S/c1-17-9-11-19(12-10-17)33-15-5-8-23(29)28-22-14-13-20(34(26,31)32)16-21(22)27-25(30)24(28)18-6-3-2-4-7-18/h2-4,6-7,9-14,16,24H,5,8,15H2,1H3,(H,27,30)(H2,26,31,32). The molecule has 0 radical (unpaired) electrons. The molecule has 0 fully saturated rings. The fourth-order valence-electron chi connectivity index (χ4n) is 3.84. The van der Waals surface area contributed by atoms with Crippen molar-refractivity contribution in [2.24, 2.45) is 5.14 Å². The Morgan fingerprint density at radius 2 is 1.76 bits per heavy atom. The Labute approximate surface area is 198 Å². The van der Waals surface area contributed by atoms with E-state index in [0.29, 0.717) is 24.3 Å². The van der Waals surface area contributed by atoms with E-state index in [1.807, 2.05) is 37.3 Å². The van der Waals surface area contributed by atoms with Crippen molar-refractivity contribution in [1.29, 1.82) is 0 Å². The van der Waals surface area contributed by atoms with Crippen LogP contribution in [0.4, 0.5) is 11.4 Å². The number of carbonyl (C=O) groups excluding carboxylic acids is 2. The Balaban J connectivity index is 1.58. The van der Waals surface area contributed by atoms with Gasteiger partial charge in [-0.15, -0.1) is 0 Å². The van der Waals surface area contributed by atoms with Gasteiger partial charge in [0.05, 0.1) is 22.9 Å². The quantitative estimate of drug-likeness (QED) is 0.503. The third-order valence-corrected chi connectivity index (χ3v) is 6.44. The summed E-state index contributed by atoms with van der Waals surface area (Å²) in [7, 11) is -3.98. The molecular formula is C25H25N3O5S. The summed E-state index contributed by atoms with van der Waals surface area (Å²) < 4.78 is 29.3. The van der Waals surface area contributed by atoms with Gasteiger partial charge in [0.15, 0.2) is 0 Å². The van der Waals surface area contributed by atoms with Crippen LogP contribution >= 0.6 is 0 Å². The van der Waals surface area contributed by atoms with Gasteiger partial charge in [-0.25, -0.2) is 13.6 Å². The molecule has 0 aliphatic carbocycles. The summed E-state index contributed by atoms with van der Waals surface area (Å²) in [6, 6.07) is 19.8. The van der Waals surface area contributed by atoms with E-state index < -0.39 is 22.0 Å². The van der Waals surface area contributed by atoms with E-state index in [-0.39, 0.29) is 22.9 Å². The van der Waals surface area contributed by atoms with Gasteiger partial charge in [0, 0.05) is 6.42 Å². The first-order valence-corrected chi connectivity index (χ1v) is 12.3. The number of hydrogen-bond acceptors (Lipinski definition) is 5. The Morgan fingerprint density at radius 3 is 2.44 bits per heavy atom. The largest absolute Gasteiger partial charge is 0.494 e. The van der Waals surface area contributed by atoms with Crippen LogP contribution < -0.4 is 20.1 Å². The number of primary sulfonamides is 1. The summed E-state index contributed by atoms with van der Waals surface area (Å²) in [6.07, 6.45) is 0.579. The van der Waals surface area contributed by atoms with Crippen molar-refractivity contribution in [3.05, 3.63) is 83.9 Å². The molecule has 2 amide bonds. The third kappa shape index (κ3) is 5.11. The Hall–Kier alpha value is -3.69. The number of nitrogens with two attached hydrogens (primary N) is 1. The van der Waals surface area contributed by atoms with Gasteiger partial charge in [-0.1, -0.05) is 48.0 Å². The van der Waals surface area contributed by atoms with Gasteiger partial charge in [0.2, 0.25) is 15.9 Å². The average Bonchev–Trinajstić information content (AvgIpc) is 2.81. The molecule has 1 aliphatic rings. The maximum absolute atomic E-state index is 13.4. The van der Waals surface area contributed by atoms with Crippen LogP contribution in [0.5, 0.6) is 5.75 Å². The highest BCUT2D eigenvalue weighted by Crippen LogP contribution is 2.40. The number of aryl methyl sites for hydroxylation is 1. The highest BCUT2D eigenvalue weighted by molar-refractivity contribution is 7.89. The van der Waals surface area contributed by atoms with Crippen LogP contribution in [0.25, 0.3) is 0 Å². The van der Waals surface area contributed by atoms with Gasteiger partial charge in [0.1, 0.15) is 11.8 Å². The number of benzene rings is 3. The minimum atomic E-state index is -3.98. The lowest BCUT2D eigenvalue weighted by Gasteiger charge is -2.37. The maximum atomic E-state index is 13.4. The summed E-state index contributed by atoms with van der Waals surface area (Å²) in [5, 5.41) is 7.96. The van der Waals surface area contributed by atoms with Gasteiger partial charge in [0.25, 0.3) is 5.91 Å². The number of amides is 2. The smallest absolute Gasteiger partial charge is 0.252 e. The molecule has 1 atom stereocenters. The van der Waals surface area contributed by atoms with Crippen LogP contribution in [0.3, 0.4) is 0 Å². The predicted octanol–water partition coefficient (Wildman–Crippen LogP) is 3.53. The number of fused-ring (bicyclic) bond motifs is 1. The highest BCUT2D eigenvalue weighted by Gasteiger charge is 2.38. The van der Waals surface area contributed by atoms with E-state index in [0.717, 1.165) is 11.3 Å². The molecule has 4 rings (SSSR count). The second-order valence-electron chi connectivity index (χ2n) is 8.06. The number of carbonyl (C=O) groups is 2. The zero-order chi connectivity index (χ0) is 24.3. The van der Waals surface area contributed by atoms with Crippen molar-refractivity contribution in [2.45, 2.75) is 30.7 Å². The molecule has 34 heavy (non-hydrogen) atoms. The van der Waals surface area contributed by atoms with Crippen molar-refractivity contribution >= 4 is 33.2 Å². The van der Waals surface area contributed by atoms with Crippen LogP contribution in [-0.4, -0.2) is 26.8 Å². The number of nitrogens with zero attached hydrogens (tertiary/aromatic N) is 1. The Bertz CT molecular complexity index is 1310. The molecule has 0 saturated carbocycles. The van der Waals surface area contributed by atoms with Crippen LogP contribution in [-0.2, 0) is 19.6 Å². The van der Waals surface area contributed by atoms with Gasteiger partial charge in [-0.2, -0.15) is 0 Å². The second kappa shape index (κ2) is 9.66. The lowest BCUT2D eigenvalue weighted by atomic mass is 9.99. The van der Waals surface area contributed by atoms with Crippen molar-refractivity contribution in [1.82, 2.24) is 0 Å². The van der Waals surface area contributed by atoms with E-state index >= 15 is 0 Å². The van der Waals surface area contributed by atoms with Gasteiger partial charge in [-0.05, 0) is 49.2 Å². The van der Waals surface area contributed by atoms with Gasteiger partial charge >= 0.3 is 0 Å². The van der Waals surface area contributed by atoms with Crippen molar-refractivity contribution in [3.8, 4) is 5.75 Å². The number of sulfonamides is 1. The topological polar surface area (TPSA) is 119 Å². The molecule has 0 spiro atoms. The minimum Gasteiger partial charge on any atom is -0.494 e. The first kappa shape index (κ1) is 23.5. The molecule has 0 bridgehead atoms. The van der Waals surface area contributed by atoms with Crippen molar-refractivity contribution < 1.29 is 22.7 Å². The summed E-state index contributed by atoms with van der Waals surface area (Å²) in [6.45, 7) is 2.33. The highest BCUT2D eigenvalue weighted by atomic mass is 32.2. The summed E-state index contributed by atoms with van der Waals surface area (Å²) >= 11 is 0. The monoisotopic (exact) mass is 479 g/mol. The molecule has 1 unspecified atom stereocenters. The van der Waals surface area contributed by atoms with E-state index in [9.17, 15) is 18.0 Å². The van der Waals surface area contributed by atoms with Gasteiger partial charge < -0.3 is 10.1 Å². The van der Waals surface area contributed by atoms with Crippen LogP contribution in [0.2, 0.25) is 0 Å². The lowest BCUT2D eigenvalue weighted by molar-refractivity contribution is -0.124. The SMILES string of the molecule is Cc1ccc(OCCCC(=O)N2c3ccc(S(N)(=O)=O)cc3NC(=O)C2c2ccccc2)cc1. The molecule has 9 heteroatoms. The fourth-order valence-corrected chi connectivity index (χ4v) is 4.38. The van der Waals surface area contributed by atoms with Crippen LogP contribution in [0.15, 0.2) is 77.7 Å². The third-order valence-electron chi connectivity index (χ3n) is 5.53. The number of nitrogens with one attached hydrogen (secondary N) is 1. The summed E-state index contributed by atoms with van der Waals surface area (Å²) in [5.74, 6) is 0.00812. The Morgan fingerprint density at radius 1 is 1.06 bits per heavy atom. The van der Waals surface area contributed by atoms with Crippen LogP contribution in [0, 0.1) is 6.92 Å². The molecule has 3 aromatic rings. The zero-order valence-corrected chi connectivity index (χ0v) is 19.4. The van der Waals surface area contributed by atoms with E-state index in [1.165, 1.54) is 23.1 Å². The summed E-state index contributed by atoms with van der Waals surface area (Å²) in [4.78, 5) is 27.7. The molecule has 0 saturated heterocycles. The lowest BCUT2D eigenvalue weighted by Crippen LogP contribution is -2.45. The second-order valence-corrected chi connectivity index (χ2v) is 9.62. The number of anilines is 2. The average molecular weight is 480 g/mol. The zero-order valence-electron chi connectivity index (χ0n) is 18.6. The first-order valence-electron chi connectivity index (χ1n) is 10.8. The number of rotatable bonds is 7. The Kier molecular flexibility index (Phi) is 6.67. The van der Waals surface area contributed by atoms with Gasteiger partial charge in [-0.3, -0.25) is 14.5 Å². The normalized spacial score (nSPS) is 15.4. The molecule has 1 aliphatic heterocycles. The van der Waals surface area contributed by atoms with E-state index in [2.05, 4.69) is 5.32 Å². The number of ether oxygens (including phenoxy) is 1. The fraction of sp³-hybridized carbons (Fsp3) is 0.200. The predicted molar refractivity (Wildman–Crippen MR) is 129 cm³/mol. The molecule has 1 heterocycles. The van der Waals surface area contributed by atoms with E-state index in [4.69, 9.17) is 9.88 Å². The molecule has 176 valence electrons. The van der Waals surface area contributed by atoms with Crippen molar-refractivity contribution in [3.63, 3.8) is 0 Å². The maximum Gasteiger partial charge on any atom is 0.252 e. The molecule has 0 aromatic heterocycles. The molecular weight excluding hydrogens is 454 g/mol. The first-order chi connectivity index (χ1) is 16.2. The molecule has 8 nitrogen and oxygen atoms in total. The molecule has 3 aromatic carbocycles. The molecule has 3 N–H and O–H groups in total.